The van der Waals surface area contributed by atoms with Crippen molar-refractivity contribution in [2.24, 2.45) is 11.7 Å². The molecule has 1 aliphatic carbocycles. The maximum atomic E-state index is 11.2. The lowest BCUT2D eigenvalue weighted by Crippen LogP contribution is -2.35. The van der Waals surface area contributed by atoms with Crippen molar-refractivity contribution in [1.29, 1.82) is 0 Å². The summed E-state index contributed by atoms with van der Waals surface area (Å²) < 4.78 is 4.38. The van der Waals surface area contributed by atoms with E-state index in [-0.39, 0.29) is 18.5 Å². The summed E-state index contributed by atoms with van der Waals surface area (Å²) in [5.41, 5.74) is 5.74. The summed E-state index contributed by atoms with van der Waals surface area (Å²) >= 11 is 0. The van der Waals surface area contributed by atoms with E-state index in [0.717, 1.165) is 12.8 Å². The lowest BCUT2D eigenvalue weighted by atomic mass is 10.1. The zero-order valence-corrected chi connectivity index (χ0v) is 8.29. The Morgan fingerprint density at radius 2 is 2.21 bits per heavy atom. The second-order valence-electron chi connectivity index (χ2n) is 3.56. The lowest BCUT2D eigenvalue weighted by molar-refractivity contribution is -0.141. The number of carbonyl (C=O) groups is 2. The van der Waals surface area contributed by atoms with Gasteiger partial charge >= 0.3 is 5.97 Å². The van der Waals surface area contributed by atoms with E-state index in [4.69, 9.17) is 5.73 Å². The molecule has 0 radical (unpaired) electrons. The molecule has 0 aliphatic heterocycles. The number of nitrogens with two attached hydrogens (primary N) is 1. The molecule has 1 fully saturated rings. The van der Waals surface area contributed by atoms with E-state index in [9.17, 15) is 9.59 Å². The summed E-state index contributed by atoms with van der Waals surface area (Å²) in [6.45, 7) is -0.0767. The van der Waals surface area contributed by atoms with Crippen LogP contribution in [0.25, 0.3) is 0 Å². The standard InChI is InChI=1S/C9H16N2O3/c1-14-9(13)5-11-8(12)4-7(10)6-2-3-6/h6-7H,2-5,10H2,1H3,(H,11,12). The Labute approximate surface area is 83.0 Å². The zero-order valence-electron chi connectivity index (χ0n) is 8.29. The van der Waals surface area contributed by atoms with Crippen LogP contribution in [0.3, 0.4) is 0 Å². The van der Waals surface area contributed by atoms with Crippen molar-refractivity contribution in [3.05, 3.63) is 0 Å². The van der Waals surface area contributed by atoms with Gasteiger partial charge in [0.2, 0.25) is 5.91 Å². The van der Waals surface area contributed by atoms with E-state index in [2.05, 4.69) is 10.1 Å². The monoisotopic (exact) mass is 200 g/mol. The number of nitrogens with one attached hydrogen (secondary N) is 1. The molecule has 0 aromatic rings. The van der Waals surface area contributed by atoms with E-state index < -0.39 is 5.97 Å². The lowest BCUT2D eigenvalue weighted by Gasteiger charge is -2.09. The second kappa shape index (κ2) is 4.95. The molecule has 0 spiro atoms. The molecule has 5 heteroatoms. The Bertz CT molecular complexity index is 226. The molecule has 1 saturated carbocycles. The van der Waals surface area contributed by atoms with Gasteiger partial charge in [-0.1, -0.05) is 0 Å². The fourth-order valence-corrected chi connectivity index (χ4v) is 1.22. The number of hydrogen-bond donors (Lipinski definition) is 2. The van der Waals surface area contributed by atoms with Gasteiger partial charge < -0.3 is 15.8 Å². The van der Waals surface area contributed by atoms with E-state index in [1.807, 2.05) is 0 Å². The molecule has 1 amide bonds. The van der Waals surface area contributed by atoms with Crippen molar-refractivity contribution in [3.8, 4) is 0 Å². The molecule has 1 aliphatic rings. The Morgan fingerprint density at radius 1 is 1.57 bits per heavy atom. The first-order chi connectivity index (χ1) is 6.63. The quantitative estimate of drug-likeness (QED) is 0.581. The molecular formula is C9H16N2O3. The fourth-order valence-electron chi connectivity index (χ4n) is 1.22. The van der Waals surface area contributed by atoms with Crippen LogP contribution in [0.1, 0.15) is 19.3 Å². The molecular weight excluding hydrogens is 184 g/mol. The predicted molar refractivity (Wildman–Crippen MR) is 50.3 cm³/mol. The molecule has 0 heterocycles. The van der Waals surface area contributed by atoms with Crippen molar-refractivity contribution in [3.63, 3.8) is 0 Å². The SMILES string of the molecule is COC(=O)CNC(=O)CC(N)C1CC1. The summed E-state index contributed by atoms with van der Waals surface area (Å²) in [4.78, 5) is 21.9. The molecule has 0 saturated heterocycles. The van der Waals surface area contributed by atoms with Crippen molar-refractivity contribution >= 4 is 11.9 Å². The van der Waals surface area contributed by atoms with Crippen LogP contribution in [-0.2, 0) is 14.3 Å². The first-order valence-electron chi connectivity index (χ1n) is 4.72. The Kier molecular flexibility index (Phi) is 3.88. The van der Waals surface area contributed by atoms with Crippen LogP contribution in [0.2, 0.25) is 0 Å². The number of amides is 1. The van der Waals surface area contributed by atoms with Gasteiger partial charge in [0, 0.05) is 12.5 Å². The molecule has 14 heavy (non-hydrogen) atoms. The number of ether oxygens (including phenoxy) is 1. The summed E-state index contributed by atoms with van der Waals surface area (Å²) in [7, 11) is 1.28. The fraction of sp³-hybridized carbons (Fsp3) is 0.778. The van der Waals surface area contributed by atoms with Gasteiger partial charge in [-0.15, -0.1) is 0 Å². The van der Waals surface area contributed by atoms with Crippen LogP contribution in [0.5, 0.6) is 0 Å². The third-order valence-corrected chi connectivity index (χ3v) is 2.31. The van der Waals surface area contributed by atoms with Gasteiger partial charge in [0.05, 0.1) is 7.11 Å². The van der Waals surface area contributed by atoms with Gasteiger partial charge in [-0.3, -0.25) is 9.59 Å². The van der Waals surface area contributed by atoms with E-state index in [0.29, 0.717) is 12.3 Å². The highest BCUT2D eigenvalue weighted by molar-refractivity contribution is 5.82. The van der Waals surface area contributed by atoms with Crippen LogP contribution in [-0.4, -0.2) is 31.6 Å². The largest absolute Gasteiger partial charge is 0.468 e. The van der Waals surface area contributed by atoms with Crippen LogP contribution < -0.4 is 11.1 Å². The summed E-state index contributed by atoms with van der Waals surface area (Å²) in [5.74, 6) is -0.132. The van der Waals surface area contributed by atoms with Gasteiger partial charge in [-0.2, -0.15) is 0 Å². The maximum Gasteiger partial charge on any atom is 0.325 e. The molecule has 1 unspecified atom stereocenters. The zero-order chi connectivity index (χ0) is 10.6. The predicted octanol–water partition coefficient (Wildman–Crippen LogP) is -0.597. The number of methoxy groups -OCH3 is 1. The second-order valence-corrected chi connectivity index (χ2v) is 3.56. The van der Waals surface area contributed by atoms with Crippen LogP contribution in [0, 0.1) is 5.92 Å². The molecule has 1 atom stereocenters. The Balaban J connectivity index is 2.11. The molecule has 0 aromatic heterocycles. The topological polar surface area (TPSA) is 81.4 Å². The number of esters is 1. The average Bonchev–Trinajstić information content (AvgIpc) is 2.97. The van der Waals surface area contributed by atoms with Crippen LogP contribution >= 0.6 is 0 Å². The van der Waals surface area contributed by atoms with E-state index in [1.165, 1.54) is 7.11 Å². The van der Waals surface area contributed by atoms with Crippen LogP contribution in [0.15, 0.2) is 0 Å². The Hall–Kier alpha value is -1.10. The molecule has 1 rings (SSSR count). The number of hydrogen-bond acceptors (Lipinski definition) is 4. The first-order valence-corrected chi connectivity index (χ1v) is 4.72. The van der Waals surface area contributed by atoms with Crippen LogP contribution in [0.4, 0.5) is 0 Å². The highest BCUT2D eigenvalue weighted by Gasteiger charge is 2.29. The van der Waals surface area contributed by atoms with E-state index >= 15 is 0 Å². The van der Waals surface area contributed by atoms with Gasteiger partial charge in [0.15, 0.2) is 0 Å². The van der Waals surface area contributed by atoms with Crippen molar-refractivity contribution in [1.82, 2.24) is 5.32 Å². The summed E-state index contributed by atoms with van der Waals surface area (Å²) in [6, 6.07) is -0.0624. The summed E-state index contributed by atoms with van der Waals surface area (Å²) in [5, 5.41) is 2.45. The molecule has 0 aromatic carbocycles. The molecule has 5 nitrogen and oxygen atoms in total. The molecule has 80 valence electrons. The highest BCUT2D eigenvalue weighted by atomic mass is 16.5. The smallest absolute Gasteiger partial charge is 0.325 e. The van der Waals surface area contributed by atoms with Crippen molar-refractivity contribution in [2.75, 3.05) is 13.7 Å². The van der Waals surface area contributed by atoms with Crippen molar-refractivity contribution in [2.45, 2.75) is 25.3 Å². The minimum atomic E-state index is -0.446. The highest BCUT2D eigenvalue weighted by Crippen LogP contribution is 2.32. The molecule has 0 bridgehead atoms. The minimum Gasteiger partial charge on any atom is -0.468 e. The number of rotatable bonds is 5. The van der Waals surface area contributed by atoms with E-state index in [1.54, 1.807) is 0 Å². The third-order valence-electron chi connectivity index (χ3n) is 2.31. The minimum absolute atomic E-state index is 0.0624. The number of carbonyl (C=O) groups excluding carboxylic acids is 2. The maximum absolute atomic E-state index is 11.2. The van der Waals surface area contributed by atoms with Gasteiger partial charge in [-0.05, 0) is 18.8 Å². The average molecular weight is 200 g/mol. The Morgan fingerprint density at radius 3 is 2.71 bits per heavy atom. The summed E-state index contributed by atoms with van der Waals surface area (Å²) in [6.07, 6.45) is 2.53. The normalized spacial score (nSPS) is 17.3. The molecule has 3 N–H and O–H groups in total. The van der Waals surface area contributed by atoms with Gasteiger partial charge in [0.1, 0.15) is 6.54 Å². The van der Waals surface area contributed by atoms with Gasteiger partial charge in [0.25, 0.3) is 0 Å². The third kappa shape index (κ3) is 3.74. The van der Waals surface area contributed by atoms with Gasteiger partial charge in [-0.25, -0.2) is 0 Å². The first kappa shape index (κ1) is 11.0. The van der Waals surface area contributed by atoms with Crippen molar-refractivity contribution < 1.29 is 14.3 Å².